The predicted molar refractivity (Wildman–Crippen MR) is 193 cm³/mol. The van der Waals surface area contributed by atoms with Crippen molar-refractivity contribution in [2.45, 2.75) is 0 Å². The normalized spacial score (nSPS) is 10.9. The number of esters is 3. The van der Waals surface area contributed by atoms with Crippen molar-refractivity contribution in [1.82, 2.24) is 0 Å². The van der Waals surface area contributed by atoms with Crippen LogP contribution in [0.5, 0.6) is 34.5 Å². The van der Waals surface area contributed by atoms with E-state index in [-0.39, 0.29) is 39.4 Å². The summed E-state index contributed by atoms with van der Waals surface area (Å²) in [5.74, 6) is -3.26. The molecular weight excluding hydrogens is 1210 g/mol. The second-order valence-corrected chi connectivity index (χ2v) is 14.8. The fourth-order valence-electron chi connectivity index (χ4n) is 3.11. The number of phenols is 3. The van der Waals surface area contributed by atoms with Crippen LogP contribution >= 0.6 is 136 Å². The van der Waals surface area contributed by atoms with E-state index < -0.39 is 37.5 Å². The van der Waals surface area contributed by atoms with Crippen LogP contribution in [0.2, 0.25) is 0 Å². The summed E-state index contributed by atoms with van der Waals surface area (Å²) in [5.41, 5.74) is 0. The summed E-state index contributed by atoms with van der Waals surface area (Å²) in [6.07, 6.45) is 0. The van der Waals surface area contributed by atoms with Crippen molar-refractivity contribution in [2.75, 3.05) is 19.6 Å². The highest BCUT2D eigenvalue weighted by Crippen LogP contribution is 2.37. The standard InChI is InChI=1S/C24H15I6NO9/c25-10-1-4-13(28)22(19(10)35)38-16(32)7-31(8-17(33)39-23-14(29)5-2-11(26)20(23)36)9-18(34)40-24-15(30)6-3-12(27)21(24)37/h1-6,35-37H,7-9H2/p+1. The van der Waals surface area contributed by atoms with Crippen LogP contribution in [0.3, 0.4) is 0 Å². The second kappa shape index (κ2) is 15.5. The molecule has 0 aliphatic heterocycles. The third-order valence-corrected chi connectivity index (χ3v) is 10.1. The van der Waals surface area contributed by atoms with Crippen molar-refractivity contribution in [3.05, 3.63) is 57.8 Å². The SMILES string of the molecule is O=C(C[NH+](CC(=O)Oc1c(I)ccc(I)c1O)CC(=O)Oc1c(I)ccc(I)c1O)Oc1c(I)ccc(I)c1O. The van der Waals surface area contributed by atoms with Gasteiger partial charge in [-0.25, -0.2) is 14.4 Å². The maximum absolute atomic E-state index is 12.9. The van der Waals surface area contributed by atoms with Crippen molar-refractivity contribution >= 4 is 153 Å². The number of benzene rings is 3. The van der Waals surface area contributed by atoms with Gasteiger partial charge in [0.05, 0.1) is 21.4 Å². The molecule has 0 unspecified atom stereocenters. The molecule has 0 saturated heterocycles. The molecule has 4 N–H and O–H groups in total. The number of ether oxygens (including phenoxy) is 3. The summed E-state index contributed by atoms with van der Waals surface area (Å²) >= 11 is 11.4. The van der Waals surface area contributed by atoms with E-state index in [9.17, 15) is 29.7 Å². The Morgan fingerprint density at radius 3 is 0.975 bits per heavy atom. The van der Waals surface area contributed by atoms with E-state index in [0.29, 0.717) is 21.4 Å². The van der Waals surface area contributed by atoms with Crippen LogP contribution in [-0.2, 0) is 14.4 Å². The largest absolute Gasteiger partial charge is 0.503 e. The van der Waals surface area contributed by atoms with Crippen molar-refractivity contribution in [3.8, 4) is 34.5 Å². The highest BCUT2D eigenvalue weighted by molar-refractivity contribution is 14.1. The third-order valence-electron chi connectivity index (χ3n) is 4.93. The lowest BCUT2D eigenvalue weighted by Crippen LogP contribution is -3.15. The molecule has 10 nitrogen and oxygen atoms in total. The minimum absolute atomic E-state index is 0.0429. The minimum atomic E-state index is -0.829. The zero-order chi connectivity index (χ0) is 29.7. The zero-order valence-electron chi connectivity index (χ0n) is 19.6. The Kier molecular flexibility index (Phi) is 13.3. The molecule has 0 aliphatic carbocycles. The van der Waals surface area contributed by atoms with Gasteiger partial charge in [0.2, 0.25) is 0 Å². The number of quaternary nitrogens is 1. The van der Waals surface area contributed by atoms with E-state index in [4.69, 9.17) is 14.2 Å². The number of halogens is 6. The molecule has 3 aromatic rings. The quantitative estimate of drug-likeness (QED) is 0.139. The first-order chi connectivity index (χ1) is 18.8. The van der Waals surface area contributed by atoms with Crippen LogP contribution in [0.25, 0.3) is 0 Å². The van der Waals surface area contributed by atoms with Gasteiger partial charge in [0, 0.05) is 0 Å². The van der Waals surface area contributed by atoms with Crippen molar-refractivity contribution in [3.63, 3.8) is 0 Å². The first kappa shape index (κ1) is 34.3. The number of nitrogens with one attached hydrogen (secondary N) is 1. The maximum atomic E-state index is 12.9. The molecule has 0 aliphatic rings. The van der Waals surface area contributed by atoms with Crippen molar-refractivity contribution in [2.24, 2.45) is 0 Å². The fraction of sp³-hybridized carbons (Fsp3) is 0.125. The van der Waals surface area contributed by atoms with E-state index >= 15 is 0 Å². The zero-order valence-corrected chi connectivity index (χ0v) is 32.6. The van der Waals surface area contributed by atoms with Gasteiger partial charge < -0.3 is 34.4 Å². The summed E-state index contributed by atoms with van der Waals surface area (Å²) in [5, 5.41) is 31.0. The van der Waals surface area contributed by atoms with E-state index in [1.54, 1.807) is 36.4 Å². The number of hydrogen-bond acceptors (Lipinski definition) is 9. The first-order valence-electron chi connectivity index (χ1n) is 10.7. The first-order valence-corrected chi connectivity index (χ1v) is 17.2. The molecule has 16 heteroatoms. The van der Waals surface area contributed by atoms with Crippen LogP contribution in [0.4, 0.5) is 0 Å². The molecule has 0 aromatic heterocycles. The van der Waals surface area contributed by atoms with E-state index in [1.165, 1.54) is 0 Å². The molecule has 0 bridgehead atoms. The summed E-state index contributed by atoms with van der Waals surface area (Å²) in [4.78, 5) is 38.7. The predicted octanol–water partition coefficient (Wildman–Crippen LogP) is 4.43. The Morgan fingerprint density at radius 2 is 0.725 bits per heavy atom. The number of carbonyl (C=O) groups is 3. The molecule has 0 fully saturated rings. The Morgan fingerprint density at radius 1 is 0.500 bits per heavy atom. The molecular formula is C24H16I6NO9+. The number of carbonyl (C=O) groups excluding carboxylic acids is 3. The van der Waals surface area contributed by atoms with Crippen LogP contribution in [-0.4, -0.2) is 52.9 Å². The molecule has 3 rings (SSSR count). The Labute approximate surface area is 309 Å². The lowest BCUT2D eigenvalue weighted by molar-refractivity contribution is -0.877. The molecule has 0 atom stereocenters. The average Bonchev–Trinajstić information content (AvgIpc) is 2.89. The Bertz CT molecular complexity index is 1310. The molecule has 212 valence electrons. The summed E-state index contributed by atoms with van der Waals surface area (Å²) in [6.45, 7) is -1.43. The smallest absolute Gasteiger partial charge is 0.367 e. The Hall–Kier alpha value is -0.190. The van der Waals surface area contributed by atoms with E-state index in [1.807, 2.05) is 136 Å². The van der Waals surface area contributed by atoms with Gasteiger partial charge >= 0.3 is 17.9 Å². The minimum Gasteiger partial charge on any atom is -0.503 e. The van der Waals surface area contributed by atoms with Crippen LogP contribution in [0, 0.1) is 21.4 Å². The van der Waals surface area contributed by atoms with Crippen molar-refractivity contribution < 1.29 is 48.8 Å². The number of rotatable bonds is 9. The fourth-order valence-corrected chi connectivity index (χ4v) is 6.02. The number of phenolic OH excluding ortho intramolecular Hbond substituents is 3. The summed E-state index contributed by atoms with van der Waals surface area (Å²) in [6, 6.07) is 9.95. The van der Waals surface area contributed by atoms with Gasteiger partial charge in [-0.2, -0.15) is 0 Å². The molecule has 0 saturated carbocycles. The van der Waals surface area contributed by atoms with Gasteiger partial charge in [0.25, 0.3) is 0 Å². The van der Waals surface area contributed by atoms with Crippen LogP contribution in [0.1, 0.15) is 0 Å². The number of hydrogen-bond donors (Lipinski definition) is 4. The van der Waals surface area contributed by atoms with E-state index in [2.05, 4.69) is 0 Å². The highest BCUT2D eigenvalue weighted by atomic mass is 127. The lowest BCUT2D eigenvalue weighted by Gasteiger charge is -2.18. The monoisotopic (exact) mass is 1220 g/mol. The van der Waals surface area contributed by atoms with Crippen molar-refractivity contribution in [1.29, 1.82) is 0 Å². The topological polar surface area (TPSA) is 144 Å². The lowest BCUT2D eigenvalue weighted by atomic mass is 10.3. The van der Waals surface area contributed by atoms with Gasteiger partial charge in [-0.3, -0.25) is 0 Å². The molecule has 0 spiro atoms. The van der Waals surface area contributed by atoms with Gasteiger partial charge in [0.15, 0.2) is 54.1 Å². The molecule has 3 aromatic carbocycles. The second-order valence-electron chi connectivity index (χ2n) is 7.82. The van der Waals surface area contributed by atoms with Crippen LogP contribution in [0.15, 0.2) is 36.4 Å². The molecule has 40 heavy (non-hydrogen) atoms. The average molecular weight is 1220 g/mol. The molecule has 0 radical (unpaired) electrons. The summed E-state index contributed by atoms with van der Waals surface area (Å²) in [7, 11) is 0. The molecule has 0 amide bonds. The highest BCUT2D eigenvalue weighted by Gasteiger charge is 2.28. The van der Waals surface area contributed by atoms with E-state index in [0.717, 1.165) is 0 Å². The summed E-state index contributed by atoms with van der Waals surface area (Å²) < 4.78 is 19.0. The van der Waals surface area contributed by atoms with Crippen LogP contribution < -0.4 is 19.1 Å². The van der Waals surface area contributed by atoms with Gasteiger partial charge in [-0.05, 0) is 172 Å². The Balaban J connectivity index is 1.81. The van der Waals surface area contributed by atoms with Gasteiger partial charge in [-0.15, -0.1) is 0 Å². The number of aromatic hydroxyl groups is 3. The molecule has 0 heterocycles. The maximum Gasteiger partial charge on any atom is 0.367 e. The van der Waals surface area contributed by atoms with Gasteiger partial charge in [0.1, 0.15) is 0 Å². The van der Waals surface area contributed by atoms with Gasteiger partial charge in [-0.1, -0.05) is 0 Å². The third kappa shape index (κ3) is 9.15.